The number of aliphatic hydroxyl groups is 1. The maximum absolute atomic E-state index is 13.4. The highest BCUT2D eigenvalue weighted by molar-refractivity contribution is 9.10. The summed E-state index contributed by atoms with van der Waals surface area (Å²) in [6, 6.07) is 14.3. The Morgan fingerprint density at radius 2 is 1.83 bits per heavy atom. The predicted molar refractivity (Wildman–Crippen MR) is 74.0 cm³/mol. The molecule has 0 aliphatic heterocycles. The van der Waals surface area contributed by atoms with Gasteiger partial charge in [0.2, 0.25) is 0 Å². The van der Waals surface area contributed by atoms with Gasteiger partial charge >= 0.3 is 0 Å². The first-order valence-electron chi connectivity index (χ1n) is 5.81. The third-order valence-electron chi connectivity index (χ3n) is 2.77. The number of hydrogen-bond acceptors (Lipinski definition) is 1. The first-order chi connectivity index (χ1) is 8.65. The van der Waals surface area contributed by atoms with Crippen molar-refractivity contribution in [1.82, 2.24) is 0 Å². The molecule has 1 nitrogen and oxygen atoms in total. The molecule has 0 aliphatic carbocycles. The highest BCUT2D eigenvalue weighted by Crippen LogP contribution is 2.15. The molecular weight excluding hydrogens is 295 g/mol. The first kappa shape index (κ1) is 13.2. The van der Waals surface area contributed by atoms with Crippen molar-refractivity contribution in [2.75, 3.05) is 0 Å². The fraction of sp³-hybridized carbons (Fsp3) is 0.200. The normalized spacial score (nSPS) is 12.4. The van der Waals surface area contributed by atoms with Gasteiger partial charge in [-0.05, 0) is 35.7 Å². The van der Waals surface area contributed by atoms with Gasteiger partial charge in [0.15, 0.2) is 0 Å². The average Bonchev–Trinajstić information content (AvgIpc) is 2.32. The van der Waals surface area contributed by atoms with Gasteiger partial charge in [-0.1, -0.05) is 46.3 Å². The smallest absolute Gasteiger partial charge is 0.126 e. The van der Waals surface area contributed by atoms with E-state index in [-0.39, 0.29) is 5.82 Å². The lowest BCUT2D eigenvalue weighted by Gasteiger charge is -2.11. The molecule has 0 aliphatic rings. The third kappa shape index (κ3) is 3.65. The fourth-order valence-electron chi connectivity index (χ4n) is 1.93. The molecule has 0 saturated heterocycles. The molecule has 0 fully saturated rings. The van der Waals surface area contributed by atoms with Crippen molar-refractivity contribution in [2.45, 2.75) is 18.9 Å². The van der Waals surface area contributed by atoms with E-state index >= 15 is 0 Å². The van der Waals surface area contributed by atoms with E-state index in [0.717, 1.165) is 10.0 Å². The second kappa shape index (κ2) is 6.12. The van der Waals surface area contributed by atoms with E-state index in [4.69, 9.17) is 0 Å². The number of aliphatic hydroxyl groups excluding tert-OH is 1. The van der Waals surface area contributed by atoms with Crippen LogP contribution in [-0.2, 0) is 12.8 Å². The summed E-state index contributed by atoms with van der Waals surface area (Å²) in [6.45, 7) is 0. The Morgan fingerprint density at radius 1 is 1.06 bits per heavy atom. The van der Waals surface area contributed by atoms with E-state index in [2.05, 4.69) is 15.9 Å². The second-order valence-corrected chi connectivity index (χ2v) is 5.20. The Hall–Kier alpha value is -1.19. The van der Waals surface area contributed by atoms with Gasteiger partial charge in [-0.2, -0.15) is 0 Å². The maximum Gasteiger partial charge on any atom is 0.126 e. The van der Waals surface area contributed by atoms with Crippen molar-refractivity contribution in [3.8, 4) is 0 Å². The molecule has 18 heavy (non-hydrogen) atoms. The summed E-state index contributed by atoms with van der Waals surface area (Å²) in [5.41, 5.74) is 1.59. The van der Waals surface area contributed by atoms with E-state index in [9.17, 15) is 9.50 Å². The molecule has 0 aromatic heterocycles. The average molecular weight is 309 g/mol. The van der Waals surface area contributed by atoms with Crippen molar-refractivity contribution >= 4 is 15.9 Å². The van der Waals surface area contributed by atoms with Crippen molar-refractivity contribution in [3.63, 3.8) is 0 Å². The Morgan fingerprint density at radius 3 is 2.56 bits per heavy atom. The molecule has 2 aromatic rings. The van der Waals surface area contributed by atoms with Crippen LogP contribution in [0.1, 0.15) is 11.1 Å². The van der Waals surface area contributed by atoms with Crippen LogP contribution in [0.25, 0.3) is 0 Å². The minimum absolute atomic E-state index is 0.259. The summed E-state index contributed by atoms with van der Waals surface area (Å²) >= 11 is 3.39. The number of benzene rings is 2. The van der Waals surface area contributed by atoms with Gasteiger partial charge in [0.05, 0.1) is 6.10 Å². The van der Waals surface area contributed by atoms with Gasteiger partial charge < -0.3 is 5.11 Å². The SMILES string of the molecule is OC(Cc1cccc(Br)c1)Cc1ccccc1F. The summed E-state index contributed by atoms with van der Waals surface area (Å²) in [4.78, 5) is 0. The molecule has 0 saturated carbocycles. The maximum atomic E-state index is 13.4. The molecule has 0 bridgehead atoms. The monoisotopic (exact) mass is 308 g/mol. The molecule has 0 amide bonds. The summed E-state index contributed by atoms with van der Waals surface area (Å²) < 4.78 is 14.4. The Labute approximate surface area is 114 Å². The molecule has 0 heterocycles. The van der Waals surface area contributed by atoms with E-state index in [0.29, 0.717) is 18.4 Å². The van der Waals surface area contributed by atoms with Crippen molar-refractivity contribution in [1.29, 1.82) is 0 Å². The van der Waals surface area contributed by atoms with E-state index < -0.39 is 6.10 Å². The van der Waals surface area contributed by atoms with Crippen LogP contribution in [0, 0.1) is 5.82 Å². The quantitative estimate of drug-likeness (QED) is 0.912. The van der Waals surface area contributed by atoms with Gasteiger partial charge in [-0.3, -0.25) is 0 Å². The summed E-state index contributed by atoms with van der Waals surface area (Å²) in [5, 5.41) is 9.99. The van der Waals surface area contributed by atoms with Gasteiger partial charge in [0.25, 0.3) is 0 Å². The van der Waals surface area contributed by atoms with E-state index in [1.54, 1.807) is 18.2 Å². The van der Waals surface area contributed by atoms with Gasteiger partial charge in [0.1, 0.15) is 5.82 Å². The minimum atomic E-state index is -0.573. The summed E-state index contributed by atoms with van der Waals surface area (Å²) in [5.74, 6) is -0.259. The molecule has 0 radical (unpaired) electrons. The fourth-order valence-corrected chi connectivity index (χ4v) is 2.37. The molecule has 1 atom stereocenters. The highest BCUT2D eigenvalue weighted by atomic mass is 79.9. The van der Waals surface area contributed by atoms with Crippen LogP contribution in [-0.4, -0.2) is 11.2 Å². The molecule has 2 rings (SSSR count). The van der Waals surface area contributed by atoms with Crippen LogP contribution >= 0.6 is 15.9 Å². The van der Waals surface area contributed by atoms with E-state index in [1.165, 1.54) is 6.07 Å². The third-order valence-corrected chi connectivity index (χ3v) is 3.27. The zero-order chi connectivity index (χ0) is 13.0. The summed E-state index contributed by atoms with van der Waals surface area (Å²) in [7, 11) is 0. The molecule has 1 unspecified atom stereocenters. The first-order valence-corrected chi connectivity index (χ1v) is 6.60. The van der Waals surface area contributed by atoms with Crippen molar-refractivity contribution in [2.24, 2.45) is 0 Å². The van der Waals surface area contributed by atoms with Gasteiger partial charge in [0, 0.05) is 10.9 Å². The molecular formula is C15H14BrFO. The number of hydrogen-bond donors (Lipinski definition) is 1. The zero-order valence-corrected chi connectivity index (χ0v) is 11.4. The number of rotatable bonds is 4. The largest absolute Gasteiger partial charge is 0.392 e. The van der Waals surface area contributed by atoms with Crippen LogP contribution in [0.15, 0.2) is 53.0 Å². The Kier molecular flexibility index (Phi) is 4.50. The van der Waals surface area contributed by atoms with Crippen molar-refractivity contribution in [3.05, 3.63) is 69.9 Å². The van der Waals surface area contributed by atoms with Crippen LogP contribution in [0.3, 0.4) is 0 Å². The van der Waals surface area contributed by atoms with Gasteiger partial charge in [-0.15, -0.1) is 0 Å². The van der Waals surface area contributed by atoms with E-state index in [1.807, 2.05) is 24.3 Å². The molecule has 94 valence electrons. The van der Waals surface area contributed by atoms with Gasteiger partial charge in [-0.25, -0.2) is 4.39 Å². The van der Waals surface area contributed by atoms with Crippen LogP contribution < -0.4 is 0 Å². The standard InChI is InChI=1S/C15H14BrFO/c16-13-6-3-4-11(8-13)9-14(18)10-12-5-1-2-7-15(12)17/h1-8,14,18H,9-10H2. The van der Waals surface area contributed by atoms with Crippen LogP contribution in [0.2, 0.25) is 0 Å². The summed E-state index contributed by atoms with van der Waals surface area (Å²) in [6.07, 6.45) is 0.281. The second-order valence-electron chi connectivity index (χ2n) is 4.28. The van der Waals surface area contributed by atoms with Crippen LogP contribution in [0.4, 0.5) is 4.39 Å². The lowest BCUT2D eigenvalue weighted by atomic mass is 10.0. The highest BCUT2D eigenvalue weighted by Gasteiger charge is 2.10. The molecule has 0 spiro atoms. The topological polar surface area (TPSA) is 20.2 Å². The molecule has 1 N–H and O–H groups in total. The van der Waals surface area contributed by atoms with Crippen LogP contribution in [0.5, 0.6) is 0 Å². The Balaban J connectivity index is 2.01. The lowest BCUT2D eigenvalue weighted by molar-refractivity contribution is 0.174. The molecule has 2 aromatic carbocycles. The minimum Gasteiger partial charge on any atom is -0.392 e. The Bertz CT molecular complexity index is 527. The number of halogens is 2. The van der Waals surface area contributed by atoms with Crippen molar-refractivity contribution < 1.29 is 9.50 Å². The lowest BCUT2D eigenvalue weighted by Crippen LogP contribution is -2.14. The molecule has 3 heteroatoms. The predicted octanol–water partition coefficient (Wildman–Crippen LogP) is 3.73. The zero-order valence-electron chi connectivity index (χ0n) is 9.81.